The summed E-state index contributed by atoms with van der Waals surface area (Å²) in [6.07, 6.45) is 4.62. The summed E-state index contributed by atoms with van der Waals surface area (Å²) in [5.41, 5.74) is 1.46. The molecule has 0 radical (unpaired) electrons. The third-order valence-corrected chi connectivity index (χ3v) is 4.04. The van der Waals surface area contributed by atoms with E-state index in [1.54, 1.807) is 31.5 Å². The molecule has 0 fully saturated rings. The van der Waals surface area contributed by atoms with Gasteiger partial charge < -0.3 is 19.4 Å². The quantitative estimate of drug-likeness (QED) is 0.672. The monoisotopic (exact) mass is 339 g/mol. The summed E-state index contributed by atoms with van der Waals surface area (Å²) < 4.78 is 12.5. The molecule has 1 N–H and O–H groups in total. The maximum Gasteiger partial charge on any atom is 0.255 e. The van der Waals surface area contributed by atoms with Crippen LogP contribution in [0, 0.1) is 0 Å². The molecule has 2 aromatic heterocycles. The molecule has 0 saturated heterocycles. The van der Waals surface area contributed by atoms with Crippen LogP contribution in [0.2, 0.25) is 0 Å². The topological polar surface area (TPSA) is 65.4 Å². The molecule has 6 nitrogen and oxygen atoms in total. The summed E-state index contributed by atoms with van der Waals surface area (Å²) in [5.74, 6) is 0.993. The van der Waals surface area contributed by atoms with Crippen LogP contribution in [-0.2, 0) is 6.54 Å². The lowest BCUT2D eigenvalue weighted by Gasteiger charge is -2.11. The first-order chi connectivity index (χ1) is 12.2. The number of nitrogens with zero attached hydrogens (tertiary/aromatic N) is 2. The number of nitrogens with one attached hydrogen (secondary N) is 1. The van der Waals surface area contributed by atoms with Crippen molar-refractivity contribution in [2.75, 3.05) is 20.8 Å². The van der Waals surface area contributed by atoms with E-state index in [2.05, 4.69) is 14.9 Å². The Kier molecular flexibility index (Phi) is 5.18. The molecular formula is C19H21N3O3. The van der Waals surface area contributed by atoms with E-state index in [9.17, 15) is 4.79 Å². The molecular weight excluding hydrogens is 318 g/mol. The number of rotatable bonds is 7. The van der Waals surface area contributed by atoms with Crippen LogP contribution in [0.3, 0.4) is 0 Å². The fourth-order valence-corrected chi connectivity index (χ4v) is 2.73. The zero-order chi connectivity index (χ0) is 17.6. The van der Waals surface area contributed by atoms with Gasteiger partial charge in [-0.1, -0.05) is 0 Å². The molecule has 0 atom stereocenters. The zero-order valence-corrected chi connectivity index (χ0v) is 14.4. The van der Waals surface area contributed by atoms with Gasteiger partial charge in [-0.2, -0.15) is 0 Å². The van der Waals surface area contributed by atoms with Crippen molar-refractivity contribution in [2.45, 2.75) is 13.0 Å². The van der Waals surface area contributed by atoms with Crippen LogP contribution in [-0.4, -0.2) is 36.2 Å². The fourth-order valence-electron chi connectivity index (χ4n) is 2.73. The van der Waals surface area contributed by atoms with Crippen molar-refractivity contribution in [3.05, 3.63) is 54.4 Å². The summed E-state index contributed by atoms with van der Waals surface area (Å²) in [6, 6.07) is 11.2. The Morgan fingerprint density at radius 1 is 1.20 bits per heavy atom. The Labute approximate surface area is 146 Å². The smallest absolute Gasteiger partial charge is 0.255 e. The maximum atomic E-state index is 12.3. The van der Waals surface area contributed by atoms with Gasteiger partial charge in [0.05, 0.1) is 19.8 Å². The number of pyridine rings is 1. The van der Waals surface area contributed by atoms with Crippen LogP contribution in [0.25, 0.3) is 11.0 Å². The van der Waals surface area contributed by atoms with Crippen molar-refractivity contribution < 1.29 is 14.3 Å². The third-order valence-electron chi connectivity index (χ3n) is 4.04. The molecule has 0 aliphatic rings. The molecule has 0 spiro atoms. The van der Waals surface area contributed by atoms with E-state index in [0.29, 0.717) is 23.6 Å². The predicted molar refractivity (Wildman–Crippen MR) is 96.2 cm³/mol. The van der Waals surface area contributed by atoms with Crippen molar-refractivity contribution in [3.8, 4) is 11.5 Å². The highest BCUT2D eigenvalue weighted by atomic mass is 16.5. The molecule has 0 bridgehead atoms. The number of hydrogen-bond acceptors (Lipinski definition) is 4. The van der Waals surface area contributed by atoms with Gasteiger partial charge in [-0.15, -0.1) is 0 Å². The molecule has 1 aromatic carbocycles. The van der Waals surface area contributed by atoms with Crippen molar-refractivity contribution in [1.82, 2.24) is 14.9 Å². The second-order valence-corrected chi connectivity index (χ2v) is 5.60. The van der Waals surface area contributed by atoms with E-state index in [-0.39, 0.29) is 5.91 Å². The number of methoxy groups -OCH3 is 2. The number of ether oxygens (including phenoxy) is 2. The summed E-state index contributed by atoms with van der Waals surface area (Å²) in [5, 5.41) is 4.05. The zero-order valence-electron chi connectivity index (χ0n) is 14.4. The number of benzene rings is 1. The lowest BCUT2D eigenvalue weighted by atomic mass is 10.1. The number of amides is 1. The second-order valence-electron chi connectivity index (χ2n) is 5.60. The van der Waals surface area contributed by atoms with Gasteiger partial charge >= 0.3 is 0 Å². The Morgan fingerprint density at radius 3 is 2.88 bits per heavy atom. The van der Waals surface area contributed by atoms with E-state index in [0.717, 1.165) is 24.0 Å². The first-order valence-corrected chi connectivity index (χ1v) is 8.13. The summed E-state index contributed by atoms with van der Waals surface area (Å²) in [7, 11) is 3.12. The van der Waals surface area contributed by atoms with Crippen molar-refractivity contribution >= 4 is 16.9 Å². The number of hydrogen-bond donors (Lipinski definition) is 1. The Bertz CT molecular complexity index is 873. The third kappa shape index (κ3) is 3.74. The lowest BCUT2D eigenvalue weighted by molar-refractivity contribution is 0.0949. The molecule has 0 aliphatic carbocycles. The first kappa shape index (κ1) is 16.8. The molecule has 1 amide bonds. The summed E-state index contributed by atoms with van der Waals surface area (Å²) >= 11 is 0. The Morgan fingerprint density at radius 2 is 2.08 bits per heavy atom. The Hall–Kier alpha value is -3.02. The maximum absolute atomic E-state index is 12.3. The fraction of sp³-hybridized carbons (Fsp3) is 0.263. The van der Waals surface area contributed by atoms with E-state index in [4.69, 9.17) is 9.47 Å². The minimum absolute atomic E-state index is 0.157. The molecule has 25 heavy (non-hydrogen) atoms. The van der Waals surface area contributed by atoms with Crippen molar-refractivity contribution in [1.29, 1.82) is 0 Å². The average molecular weight is 339 g/mol. The number of aryl methyl sites for hydroxylation is 1. The molecule has 3 aromatic rings. The van der Waals surface area contributed by atoms with Crippen LogP contribution in [0.5, 0.6) is 11.5 Å². The van der Waals surface area contributed by atoms with Crippen LogP contribution in [0.15, 0.2) is 48.8 Å². The largest absolute Gasteiger partial charge is 0.497 e. The molecule has 2 heterocycles. The van der Waals surface area contributed by atoms with Gasteiger partial charge in [-0.25, -0.2) is 4.98 Å². The number of carbonyl (C=O) groups is 1. The minimum Gasteiger partial charge on any atom is -0.497 e. The van der Waals surface area contributed by atoms with Gasteiger partial charge in [-0.3, -0.25) is 4.79 Å². The highest BCUT2D eigenvalue weighted by molar-refractivity contribution is 5.97. The summed E-state index contributed by atoms with van der Waals surface area (Å²) in [4.78, 5) is 16.7. The van der Waals surface area contributed by atoms with Gasteiger partial charge in [0.25, 0.3) is 5.91 Å². The van der Waals surface area contributed by atoms with Crippen LogP contribution in [0.4, 0.5) is 0 Å². The average Bonchev–Trinajstić information content (AvgIpc) is 3.07. The Balaban J connectivity index is 1.56. The normalized spacial score (nSPS) is 10.6. The van der Waals surface area contributed by atoms with Gasteiger partial charge in [0, 0.05) is 36.9 Å². The van der Waals surface area contributed by atoms with Crippen LogP contribution in [0.1, 0.15) is 16.8 Å². The molecule has 0 saturated carbocycles. The van der Waals surface area contributed by atoms with Gasteiger partial charge in [0.2, 0.25) is 0 Å². The lowest BCUT2D eigenvalue weighted by Crippen LogP contribution is -2.25. The molecule has 0 unspecified atom stereocenters. The number of aromatic nitrogens is 2. The van der Waals surface area contributed by atoms with Crippen LogP contribution >= 0.6 is 0 Å². The van der Waals surface area contributed by atoms with Gasteiger partial charge in [0.15, 0.2) is 0 Å². The minimum atomic E-state index is -0.157. The van der Waals surface area contributed by atoms with Gasteiger partial charge in [0.1, 0.15) is 17.1 Å². The molecule has 0 aliphatic heterocycles. The molecule has 6 heteroatoms. The van der Waals surface area contributed by atoms with Crippen molar-refractivity contribution in [3.63, 3.8) is 0 Å². The molecule has 130 valence electrons. The first-order valence-electron chi connectivity index (χ1n) is 8.13. The SMILES string of the molecule is COc1ccc(C(=O)NCCCn2ccc3cccnc32)c(OC)c1. The van der Waals surface area contributed by atoms with E-state index in [1.165, 1.54) is 7.11 Å². The van der Waals surface area contributed by atoms with E-state index in [1.807, 2.05) is 24.4 Å². The van der Waals surface area contributed by atoms with E-state index >= 15 is 0 Å². The number of fused-ring (bicyclic) bond motifs is 1. The standard InChI is InChI=1S/C19H21N3O3/c1-24-15-6-7-16(17(13-15)25-2)19(23)21-10-4-11-22-12-8-14-5-3-9-20-18(14)22/h3,5-9,12-13H,4,10-11H2,1-2H3,(H,21,23). The van der Waals surface area contributed by atoms with Gasteiger partial charge in [-0.05, 0) is 36.8 Å². The summed E-state index contributed by atoms with van der Waals surface area (Å²) in [6.45, 7) is 1.36. The molecule has 3 rings (SSSR count). The highest BCUT2D eigenvalue weighted by Crippen LogP contribution is 2.24. The van der Waals surface area contributed by atoms with Crippen molar-refractivity contribution in [2.24, 2.45) is 0 Å². The second kappa shape index (κ2) is 7.70. The predicted octanol–water partition coefficient (Wildman–Crippen LogP) is 2.87. The van der Waals surface area contributed by atoms with Crippen LogP contribution < -0.4 is 14.8 Å². The van der Waals surface area contributed by atoms with E-state index < -0.39 is 0 Å². The number of carbonyl (C=O) groups excluding carboxylic acids is 1. The highest BCUT2D eigenvalue weighted by Gasteiger charge is 2.12.